The van der Waals surface area contributed by atoms with E-state index in [4.69, 9.17) is 10.00 Å². The van der Waals surface area contributed by atoms with Crippen LogP contribution in [0.1, 0.15) is 31.9 Å². The van der Waals surface area contributed by atoms with E-state index in [1.807, 2.05) is 42.6 Å². The maximum absolute atomic E-state index is 11.2. The van der Waals surface area contributed by atoms with E-state index in [1.54, 1.807) is 12.1 Å². The van der Waals surface area contributed by atoms with E-state index in [2.05, 4.69) is 35.8 Å². The van der Waals surface area contributed by atoms with Crippen LogP contribution < -0.4 is 14.8 Å². The van der Waals surface area contributed by atoms with Gasteiger partial charge in [-0.2, -0.15) is 5.26 Å². The van der Waals surface area contributed by atoms with Crippen LogP contribution in [0.5, 0.6) is 5.75 Å². The molecule has 0 amide bonds. The molecule has 0 aliphatic carbocycles. The van der Waals surface area contributed by atoms with Gasteiger partial charge in [0.15, 0.2) is 6.19 Å². The predicted octanol–water partition coefficient (Wildman–Crippen LogP) is 3.45. The Kier molecular flexibility index (Phi) is 7.84. The number of sulfonamides is 1. The minimum absolute atomic E-state index is 0.0760. The lowest BCUT2D eigenvalue weighted by molar-refractivity contribution is 0.373. The maximum Gasteiger partial charge on any atom is 0.229 e. The number of nitrogens with one attached hydrogen (secondary N) is 2. The molecule has 0 fully saturated rings. The first-order chi connectivity index (χ1) is 14.1. The van der Waals surface area contributed by atoms with Crippen molar-refractivity contribution in [3.63, 3.8) is 0 Å². The standard InChI is InChI=1S/C22H28N4O3S/c1-22(2,3)18-7-11-20(12-8-18)29-15-21(25-16-23)24-14-13-17-5-9-19(10-6-17)26-30(4,27)28/h5-12,26H,13-15H2,1-4H3,(H,24,25). The molecule has 0 heterocycles. The van der Waals surface area contributed by atoms with Crippen LogP contribution in [0.3, 0.4) is 0 Å². The summed E-state index contributed by atoms with van der Waals surface area (Å²) in [5.41, 5.74) is 2.82. The lowest BCUT2D eigenvalue weighted by Gasteiger charge is -2.19. The molecule has 0 aliphatic rings. The highest BCUT2D eigenvalue weighted by atomic mass is 32.2. The van der Waals surface area contributed by atoms with Crippen LogP contribution in [0.2, 0.25) is 0 Å². The van der Waals surface area contributed by atoms with Crippen molar-refractivity contribution in [1.82, 2.24) is 5.32 Å². The SMILES string of the molecule is CC(C)(C)c1ccc(OCC(=NCCc2ccc(NS(C)(=O)=O)cc2)NC#N)cc1. The number of amidine groups is 1. The van der Waals surface area contributed by atoms with Gasteiger partial charge in [-0.25, -0.2) is 8.42 Å². The van der Waals surface area contributed by atoms with E-state index in [9.17, 15) is 8.42 Å². The first kappa shape index (κ1) is 23.2. The number of rotatable bonds is 8. The molecule has 7 nitrogen and oxygen atoms in total. The first-order valence-corrected chi connectivity index (χ1v) is 11.4. The third kappa shape index (κ3) is 8.13. The fourth-order valence-corrected chi connectivity index (χ4v) is 3.23. The Labute approximate surface area is 178 Å². The summed E-state index contributed by atoms with van der Waals surface area (Å²) >= 11 is 0. The number of hydrogen-bond acceptors (Lipinski definition) is 5. The summed E-state index contributed by atoms with van der Waals surface area (Å²) in [4.78, 5) is 4.41. The third-order valence-electron chi connectivity index (χ3n) is 4.26. The number of nitriles is 1. The van der Waals surface area contributed by atoms with Gasteiger partial charge in [0.2, 0.25) is 10.0 Å². The van der Waals surface area contributed by atoms with E-state index < -0.39 is 10.0 Å². The fraction of sp³-hybridized carbons (Fsp3) is 0.364. The quantitative estimate of drug-likeness (QED) is 0.290. The summed E-state index contributed by atoms with van der Waals surface area (Å²) < 4.78 is 30.7. The van der Waals surface area contributed by atoms with Crippen LogP contribution in [0.4, 0.5) is 5.69 Å². The average Bonchev–Trinajstić information content (AvgIpc) is 2.66. The largest absolute Gasteiger partial charge is 0.486 e. The summed E-state index contributed by atoms with van der Waals surface area (Å²) in [6.45, 7) is 7.09. The highest BCUT2D eigenvalue weighted by molar-refractivity contribution is 7.92. The van der Waals surface area contributed by atoms with Gasteiger partial charge in [0, 0.05) is 12.2 Å². The fourth-order valence-electron chi connectivity index (χ4n) is 2.66. The summed E-state index contributed by atoms with van der Waals surface area (Å²) in [5, 5.41) is 11.5. The number of nitrogens with zero attached hydrogens (tertiary/aromatic N) is 2. The molecule has 0 aromatic heterocycles. The van der Waals surface area contributed by atoms with Crippen LogP contribution in [-0.2, 0) is 21.9 Å². The number of hydrogen-bond donors (Lipinski definition) is 2. The minimum atomic E-state index is -3.29. The van der Waals surface area contributed by atoms with Gasteiger partial charge >= 0.3 is 0 Å². The number of aliphatic imine (C=N–C) groups is 1. The smallest absolute Gasteiger partial charge is 0.229 e. The van der Waals surface area contributed by atoms with E-state index in [0.717, 1.165) is 11.8 Å². The van der Waals surface area contributed by atoms with Crippen molar-refractivity contribution in [2.75, 3.05) is 24.1 Å². The number of ether oxygens (including phenoxy) is 1. The predicted molar refractivity (Wildman–Crippen MR) is 120 cm³/mol. The molecule has 0 bridgehead atoms. The normalized spacial score (nSPS) is 12.2. The average molecular weight is 429 g/mol. The molecule has 30 heavy (non-hydrogen) atoms. The topological polar surface area (TPSA) is 104 Å². The molecule has 0 saturated heterocycles. The van der Waals surface area contributed by atoms with Crippen LogP contribution >= 0.6 is 0 Å². The second kappa shape index (κ2) is 10.1. The number of benzene rings is 2. The second-order valence-corrected chi connectivity index (χ2v) is 9.70. The highest BCUT2D eigenvalue weighted by Crippen LogP contribution is 2.24. The Morgan fingerprint density at radius 3 is 2.27 bits per heavy atom. The van der Waals surface area contributed by atoms with Gasteiger partial charge < -0.3 is 4.74 Å². The first-order valence-electron chi connectivity index (χ1n) is 9.55. The van der Waals surface area contributed by atoms with Crippen LogP contribution in [-0.4, -0.2) is 33.7 Å². The maximum atomic E-state index is 11.2. The highest BCUT2D eigenvalue weighted by Gasteiger charge is 2.13. The minimum Gasteiger partial charge on any atom is -0.486 e. The summed E-state index contributed by atoms with van der Waals surface area (Å²) in [6, 6.07) is 15.0. The molecule has 160 valence electrons. The Hall–Kier alpha value is -3.05. The lowest BCUT2D eigenvalue weighted by Crippen LogP contribution is -2.25. The zero-order valence-corrected chi connectivity index (χ0v) is 18.6. The molecule has 8 heteroatoms. The molecular formula is C22H28N4O3S. The van der Waals surface area contributed by atoms with Gasteiger partial charge in [-0.15, -0.1) is 0 Å². The molecule has 0 saturated carbocycles. The van der Waals surface area contributed by atoms with E-state index in [0.29, 0.717) is 30.2 Å². The van der Waals surface area contributed by atoms with Gasteiger partial charge in [-0.05, 0) is 47.2 Å². The molecule has 2 aromatic rings. The van der Waals surface area contributed by atoms with Crippen molar-refractivity contribution >= 4 is 21.5 Å². The molecular weight excluding hydrogens is 400 g/mol. The Morgan fingerprint density at radius 1 is 1.10 bits per heavy atom. The molecule has 0 aliphatic heterocycles. The zero-order valence-electron chi connectivity index (χ0n) is 17.8. The van der Waals surface area contributed by atoms with E-state index in [-0.39, 0.29) is 12.0 Å². The van der Waals surface area contributed by atoms with Crippen molar-refractivity contribution in [3.05, 3.63) is 59.7 Å². The molecule has 0 atom stereocenters. The van der Waals surface area contributed by atoms with Crippen LogP contribution in [0.15, 0.2) is 53.5 Å². The Bertz CT molecular complexity index is 1000. The summed E-state index contributed by atoms with van der Waals surface area (Å²) in [5.74, 6) is 1.16. The summed E-state index contributed by atoms with van der Waals surface area (Å²) in [6.07, 6.45) is 3.65. The van der Waals surface area contributed by atoms with Crippen molar-refractivity contribution in [2.24, 2.45) is 4.99 Å². The molecule has 0 unspecified atom stereocenters. The van der Waals surface area contributed by atoms with E-state index >= 15 is 0 Å². The Morgan fingerprint density at radius 2 is 1.73 bits per heavy atom. The van der Waals surface area contributed by atoms with Gasteiger partial charge in [-0.3, -0.25) is 15.0 Å². The number of anilines is 1. The molecule has 2 N–H and O–H groups in total. The third-order valence-corrected chi connectivity index (χ3v) is 4.86. The Balaban J connectivity index is 1.90. The van der Waals surface area contributed by atoms with Gasteiger partial charge in [0.05, 0.1) is 6.26 Å². The van der Waals surface area contributed by atoms with E-state index in [1.165, 1.54) is 5.56 Å². The zero-order chi connectivity index (χ0) is 22.2. The van der Waals surface area contributed by atoms with Crippen molar-refractivity contribution in [1.29, 1.82) is 5.26 Å². The van der Waals surface area contributed by atoms with Gasteiger partial charge in [0.1, 0.15) is 18.2 Å². The van der Waals surface area contributed by atoms with Crippen LogP contribution in [0, 0.1) is 11.5 Å². The van der Waals surface area contributed by atoms with Crippen molar-refractivity contribution in [2.45, 2.75) is 32.6 Å². The van der Waals surface area contributed by atoms with Crippen LogP contribution in [0.25, 0.3) is 0 Å². The molecule has 0 spiro atoms. The monoisotopic (exact) mass is 428 g/mol. The van der Waals surface area contributed by atoms with Crippen molar-refractivity contribution in [3.8, 4) is 11.9 Å². The van der Waals surface area contributed by atoms with Gasteiger partial charge in [0.25, 0.3) is 0 Å². The van der Waals surface area contributed by atoms with Crippen molar-refractivity contribution < 1.29 is 13.2 Å². The second-order valence-electron chi connectivity index (χ2n) is 7.95. The summed E-state index contributed by atoms with van der Waals surface area (Å²) in [7, 11) is -3.29. The lowest BCUT2D eigenvalue weighted by atomic mass is 9.87. The molecule has 0 radical (unpaired) electrons. The molecule has 2 aromatic carbocycles. The molecule has 2 rings (SSSR count). The van der Waals surface area contributed by atoms with Gasteiger partial charge in [-0.1, -0.05) is 45.0 Å².